The van der Waals surface area contributed by atoms with Gasteiger partial charge in [-0.3, -0.25) is 4.79 Å². The standard InChI is InChI=1S/C19H16F2N2O4S/c1-26-8-7-23-15-6-3-11(18(25)27-2)9-16(15)28-19(23)22-17(24)13-5-4-12(20)10-14(13)21/h3-6,9-10H,7-8H2,1-2H3. The predicted octanol–water partition coefficient (Wildman–Crippen LogP) is 3.16. The number of rotatable bonds is 5. The van der Waals surface area contributed by atoms with Crippen LogP contribution in [0.25, 0.3) is 10.2 Å². The third-order valence-corrected chi connectivity index (χ3v) is 5.02. The molecule has 1 amide bonds. The lowest BCUT2D eigenvalue weighted by Crippen LogP contribution is -2.19. The molecule has 0 spiro atoms. The van der Waals surface area contributed by atoms with Crippen LogP contribution in [-0.2, 0) is 16.0 Å². The first-order valence-electron chi connectivity index (χ1n) is 8.19. The Balaban J connectivity index is 2.13. The van der Waals surface area contributed by atoms with Crippen LogP contribution in [0.4, 0.5) is 8.78 Å². The van der Waals surface area contributed by atoms with Crippen molar-refractivity contribution in [1.82, 2.24) is 4.57 Å². The van der Waals surface area contributed by atoms with Crippen LogP contribution in [-0.4, -0.2) is 37.3 Å². The average Bonchev–Trinajstić information content (AvgIpc) is 3.01. The van der Waals surface area contributed by atoms with E-state index in [1.165, 1.54) is 7.11 Å². The van der Waals surface area contributed by atoms with E-state index in [0.717, 1.165) is 29.0 Å². The van der Waals surface area contributed by atoms with Gasteiger partial charge in [0.05, 0.1) is 35.1 Å². The molecule has 0 aliphatic rings. The highest BCUT2D eigenvalue weighted by atomic mass is 32.1. The number of carbonyl (C=O) groups excluding carboxylic acids is 2. The number of esters is 1. The van der Waals surface area contributed by atoms with Gasteiger partial charge in [-0.2, -0.15) is 4.99 Å². The Morgan fingerprint density at radius 2 is 1.93 bits per heavy atom. The smallest absolute Gasteiger partial charge is 0.337 e. The number of hydrogen-bond acceptors (Lipinski definition) is 5. The van der Waals surface area contributed by atoms with Crippen LogP contribution in [0, 0.1) is 11.6 Å². The number of fused-ring (bicyclic) bond motifs is 1. The summed E-state index contributed by atoms with van der Waals surface area (Å²) in [5, 5.41) is 0. The monoisotopic (exact) mass is 406 g/mol. The molecule has 0 N–H and O–H groups in total. The van der Waals surface area contributed by atoms with Gasteiger partial charge in [0.2, 0.25) is 0 Å². The van der Waals surface area contributed by atoms with Crippen LogP contribution < -0.4 is 4.80 Å². The van der Waals surface area contributed by atoms with Crippen molar-refractivity contribution in [2.75, 3.05) is 20.8 Å². The van der Waals surface area contributed by atoms with Crippen LogP contribution in [0.5, 0.6) is 0 Å². The Labute approximate surface area is 162 Å². The first-order valence-corrected chi connectivity index (χ1v) is 9.01. The summed E-state index contributed by atoms with van der Waals surface area (Å²) in [7, 11) is 2.83. The van der Waals surface area contributed by atoms with Crippen molar-refractivity contribution in [2.45, 2.75) is 6.54 Å². The Morgan fingerprint density at radius 1 is 1.14 bits per heavy atom. The molecule has 0 unspecified atom stereocenters. The van der Waals surface area contributed by atoms with Crippen molar-refractivity contribution >= 4 is 33.4 Å². The van der Waals surface area contributed by atoms with E-state index in [1.54, 1.807) is 29.9 Å². The minimum atomic E-state index is -0.980. The number of nitrogens with zero attached hydrogens (tertiary/aromatic N) is 2. The third kappa shape index (κ3) is 4.00. The van der Waals surface area contributed by atoms with Gasteiger partial charge in [0, 0.05) is 19.7 Å². The molecule has 2 aromatic carbocycles. The first-order chi connectivity index (χ1) is 13.4. The summed E-state index contributed by atoms with van der Waals surface area (Å²) in [6, 6.07) is 7.65. The predicted molar refractivity (Wildman–Crippen MR) is 99.3 cm³/mol. The van der Waals surface area contributed by atoms with E-state index in [4.69, 9.17) is 9.47 Å². The van der Waals surface area contributed by atoms with Gasteiger partial charge in [-0.1, -0.05) is 11.3 Å². The van der Waals surface area contributed by atoms with E-state index in [-0.39, 0.29) is 5.56 Å². The summed E-state index contributed by atoms with van der Waals surface area (Å²) in [5.41, 5.74) is 0.769. The van der Waals surface area contributed by atoms with E-state index in [9.17, 15) is 18.4 Å². The molecule has 0 saturated carbocycles. The van der Waals surface area contributed by atoms with E-state index >= 15 is 0 Å². The number of carbonyl (C=O) groups is 2. The largest absolute Gasteiger partial charge is 0.465 e. The summed E-state index contributed by atoms with van der Waals surface area (Å²) in [5.74, 6) is -3.07. The summed E-state index contributed by atoms with van der Waals surface area (Å²) in [4.78, 5) is 28.5. The number of ether oxygens (including phenoxy) is 2. The van der Waals surface area contributed by atoms with E-state index < -0.39 is 23.5 Å². The molecule has 0 bridgehead atoms. The van der Waals surface area contributed by atoms with Crippen molar-refractivity contribution in [1.29, 1.82) is 0 Å². The molecule has 1 aromatic heterocycles. The number of benzene rings is 2. The van der Waals surface area contributed by atoms with Crippen molar-refractivity contribution in [3.05, 3.63) is 64.0 Å². The van der Waals surface area contributed by atoms with Crippen molar-refractivity contribution in [2.24, 2.45) is 4.99 Å². The van der Waals surface area contributed by atoms with Crippen molar-refractivity contribution in [3.63, 3.8) is 0 Å². The lowest BCUT2D eigenvalue weighted by Gasteiger charge is -2.05. The van der Waals surface area contributed by atoms with Gasteiger partial charge in [0.25, 0.3) is 5.91 Å². The molecule has 28 heavy (non-hydrogen) atoms. The summed E-state index contributed by atoms with van der Waals surface area (Å²) >= 11 is 1.16. The zero-order valence-corrected chi connectivity index (χ0v) is 15.9. The van der Waals surface area contributed by atoms with Gasteiger partial charge in [-0.05, 0) is 30.3 Å². The number of hydrogen-bond donors (Lipinski definition) is 0. The zero-order chi connectivity index (χ0) is 20.3. The maximum atomic E-state index is 13.9. The Morgan fingerprint density at radius 3 is 2.61 bits per heavy atom. The second kappa shape index (κ2) is 8.41. The van der Waals surface area contributed by atoms with E-state index in [1.807, 2.05) is 0 Å². The molecule has 0 atom stereocenters. The fourth-order valence-corrected chi connectivity index (χ4v) is 3.71. The van der Waals surface area contributed by atoms with Gasteiger partial charge in [0.1, 0.15) is 11.6 Å². The lowest BCUT2D eigenvalue weighted by atomic mass is 10.2. The van der Waals surface area contributed by atoms with E-state index in [2.05, 4.69) is 4.99 Å². The number of amides is 1. The second-order valence-electron chi connectivity index (χ2n) is 5.74. The molecule has 6 nitrogen and oxygen atoms in total. The van der Waals surface area contributed by atoms with Crippen LogP contribution in [0.3, 0.4) is 0 Å². The maximum Gasteiger partial charge on any atom is 0.337 e. The summed E-state index contributed by atoms with van der Waals surface area (Å²) in [6.07, 6.45) is 0. The number of thiazole rings is 1. The van der Waals surface area contributed by atoms with Gasteiger partial charge >= 0.3 is 5.97 Å². The highest BCUT2D eigenvalue weighted by molar-refractivity contribution is 7.16. The number of methoxy groups -OCH3 is 2. The van der Waals surface area contributed by atoms with Crippen LogP contribution in [0.2, 0.25) is 0 Å². The Bertz CT molecular complexity index is 1120. The molecular formula is C19H16F2N2O4S. The molecule has 0 radical (unpaired) electrons. The Kier molecular flexibility index (Phi) is 5.96. The van der Waals surface area contributed by atoms with Gasteiger partial charge in [-0.15, -0.1) is 0 Å². The minimum Gasteiger partial charge on any atom is -0.465 e. The zero-order valence-electron chi connectivity index (χ0n) is 15.1. The second-order valence-corrected chi connectivity index (χ2v) is 6.75. The molecule has 3 aromatic rings. The van der Waals surface area contributed by atoms with E-state index in [0.29, 0.717) is 34.3 Å². The molecule has 9 heteroatoms. The van der Waals surface area contributed by atoms with Gasteiger partial charge in [0.15, 0.2) is 4.80 Å². The first kappa shape index (κ1) is 19.8. The summed E-state index contributed by atoms with van der Waals surface area (Å²) < 4.78 is 39.2. The Hall–Kier alpha value is -2.91. The fourth-order valence-electron chi connectivity index (χ4n) is 2.61. The maximum absolute atomic E-state index is 13.9. The molecule has 0 aliphatic carbocycles. The molecule has 0 saturated heterocycles. The SMILES string of the molecule is COCCn1c(=NC(=O)c2ccc(F)cc2F)sc2cc(C(=O)OC)ccc21. The third-order valence-electron chi connectivity index (χ3n) is 3.98. The van der Waals surface area contributed by atoms with Crippen LogP contribution in [0.15, 0.2) is 41.4 Å². The molecule has 3 rings (SSSR count). The number of aromatic nitrogens is 1. The molecular weight excluding hydrogens is 390 g/mol. The fraction of sp³-hybridized carbons (Fsp3) is 0.211. The van der Waals surface area contributed by atoms with Gasteiger partial charge < -0.3 is 14.0 Å². The topological polar surface area (TPSA) is 69.9 Å². The summed E-state index contributed by atoms with van der Waals surface area (Å²) in [6.45, 7) is 0.753. The molecule has 0 aliphatic heterocycles. The van der Waals surface area contributed by atoms with Crippen LogP contribution >= 0.6 is 11.3 Å². The quantitative estimate of drug-likeness (QED) is 0.611. The number of halogens is 2. The molecule has 146 valence electrons. The highest BCUT2D eigenvalue weighted by Crippen LogP contribution is 2.20. The lowest BCUT2D eigenvalue weighted by molar-refractivity contribution is 0.0600. The van der Waals surface area contributed by atoms with Crippen molar-refractivity contribution < 1.29 is 27.8 Å². The van der Waals surface area contributed by atoms with Crippen LogP contribution in [0.1, 0.15) is 20.7 Å². The van der Waals surface area contributed by atoms with Crippen molar-refractivity contribution in [3.8, 4) is 0 Å². The normalized spacial score (nSPS) is 11.8. The minimum absolute atomic E-state index is 0.308. The average molecular weight is 406 g/mol. The molecule has 0 fully saturated rings. The molecule has 1 heterocycles. The highest BCUT2D eigenvalue weighted by Gasteiger charge is 2.15. The van der Waals surface area contributed by atoms with Gasteiger partial charge in [-0.25, -0.2) is 13.6 Å².